The third-order valence-electron chi connectivity index (χ3n) is 2.89. The van der Waals surface area contributed by atoms with Crippen molar-refractivity contribution < 1.29 is 19.0 Å². The first-order valence-electron chi connectivity index (χ1n) is 5.62. The summed E-state index contributed by atoms with van der Waals surface area (Å²) < 4.78 is 15.8. The van der Waals surface area contributed by atoms with E-state index in [9.17, 15) is 5.11 Å². The number of hydrogen-bond donors (Lipinski definition) is 1. The molecule has 0 aliphatic heterocycles. The van der Waals surface area contributed by atoms with Gasteiger partial charge < -0.3 is 19.0 Å². The van der Waals surface area contributed by atoms with Crippen LogP contribution < -0.4 is 9.47 Å². The molecule has 0 fully saturated rings. The number of ether oxygens (including phenoxy) is 2. The molecular weight excluding hydrogens is 232 g/mol. The van der Waals surface area contributed by atoms with Gasteiger partial charge in [-0.15, -0.1) is 0 Å². The third kappa shape index (κ3) is 2.07. The van der Waals surface area contributed by atoms with Crippen molar-refractivity contribution in [3.63, 3.8) is 0 Å². The van der Waals surface area contributed by atoms with Crippen LogP contribution in [-0.2, 0) is 0 Å². The second-order valence-corrected chi connectivity index (χ2v) is 3.95. The molecule has 4 nitrogen and oxygen atoms in total. The lowest BCUT2D eigenvalue weighted by molar-refractivity contribution is 0.179. The van der Waals surface area contributed by atoms with Crippen molar-refractivity contribution in [2.24, 2.45) is 0 Å². The number of hydrogen-bond acceptors (Lipinski definition) is 4. The molecule has 1 atom stereocenters. The first-order valence-corrected chi connectivity index (χ1v) is 5.62. The fourth-order valence-electron chi connectivity index (χ4n) is 1.95. The summed E-state index contributed by atoms with van der Waals surface area (Å²) in [4.78, 5) is 0. The standard InChI is InChI=1S/C14H16O4/c1-9-7-8-18-14(9)13(15)12-10(16-2)5-4-6-11(12)17-3/h4-8,13,15H,1-3H3. The lowest BCUT2D eigenvalue weighted by Gasteiger charge is -2.17. The first kappa shape index (κ1) is 12.5. The van der Waals surface area contributed by atoms with E-state index < -0.39 is 6.10 Å². The fraction of sp³-hybridized carbons (Fsp3) is 0.286. The zero-order chi connectivity index (χ0) is 13.1. The Hall–Kier alpha value is -1.94. The second kappa shape index (κ2) is 5.14. The number of methoxy groups -OCH3 is 2. The van der Waals surface area contributed by atoms with Crippen molar-refractivity contribution in [3.05, 3.63) is 47.4 Å². The molecule has 18 heavy (non-hydrogen) atoms. The lowest BCUT2D eigenvalue weighted by Crippen LogP contribution is -2.05. The van der Waals surface area contributed by atoms with Gasteiger partial charge >= 0.3 is 0 Å². The zero-order valence-electron chi connectivity index (χ0n) is 10.6. The van der Waals surface area contributed by atoms with Gasteiger partial charge in [0.2, 0.25) is 0 Å². The Bertz CT molecular complexity index is 508. The molecule has 0 bridgehead atoms. The van der Waals surface area contributed by atoms with Gasteiger partial charge in [0.1, 0.15) is 23.4 Å². The van der Waals surface area contributed by atoms with Crippen LogP contribution in [0.15, 0.2) is 34.9 Å². The maximum absolute atomic E-state index is 10.4. The van der Waals surface area contributed by atoms with E-state index in [1.165, 1.54) is 0 Å². The van der Waals surface area contributed by atoms with Gasteiger partial charge in [0.15, 0.2) is 0 Å². The number of benzene rings is 1. The minimum Gasteiger partial charge on any atom is -0.496 e. The zero-order valence-corrected chi connectivity index (χ0v) is 10.6. The molecule has 96 valence electrons. The molecule has 2 rings (SSSR count). The Morgan fingerprint density at radius 2 is 1.72 bits per heavy atom. The second-order valence-electron chi connectivity index (χ2n) is 3.95. The van der Waals surface area contributed by atoms with Crippen LogP contribution in [0.25, 0.3) is 0 Å². The molecule has 1 aromatic carbocycles. The van der Waals surface area contributed by atoms with Crippen LogP contribution in [-0.4, -0.2) is 19.3 Å². The minimum absolute atomic E-state index is 0.498. The van der Waals surface area contributed by atoms with Crippen LogP contribution in [0.4, 0.5) is 0 Å². The molecule has 0 saturated carbocycles. The molecule has 0 aliphatic rings. The van der Waals surface area contributed by atoms with Gasteiger partial charge in [-0.05, 0) is 30.7 Å². The van der Waals surface area contributed by atoms with E-state index in [1.807, 2.05) is 13.0 Å². The van der Waals surface area contributed by atoms with Crippen LogP contribution in [0.2, 0.25) is 0 Å². The first-order chi connectivity index (χ1) is 8.69. The van der Waals surface area contributed by atoms with Crippen LogP contribution in [0.1, 0.15) is 23.0 Å². The topological polar surface area (TPSA) is 51.8 Å². The molecule has 0 aliphatic carbocycles. The van der Waals surface area contributed by atoms with E-state index in [1.54, 1.807) is 38.7 Å². The lowest BCUT2D eigenvalue weighted by atomic mass is 10.0. The van der Waals surface area contributed by atoms with Gasteiger partial charge in [0.25, 0.3) is 0 Å². The average molecular weight is 248 g/mol. The van der Waals surface area contributed by atoms with Gasteiger partial charge in [-0.1, -0.05) is 6.07 Å². The van der Waals surface area contributed by atoms with Crippen LogP contribution in [0.5, 0.6) is 11.5 Å². The van der Waals surface area contributed by atoms with E-state index >= 15 is 0 Å². The number of furan rings is 1. The van der Waals surface area contributed by atoms with Gasteiger partial charge in [0, 0.05) is 0 Å². The monoisotopic (exact) mass is 248 g/mol. The summed E-state index contributed by atoms with van der Waals surface area (Å²) in [5.41, 5.74) is 1.45. The molecule has 0 amide bonds. The summed E-state index contributed by atoms with van der Waals surface area (Å²) in [6, 6.07) is 7.17. The molecule has 2 aromatic rings. The molecule has 1 unspecified atom stereocenters. The average Bonchev–Trinajstić information content (AvgIpc) is 2.83. The Morgan fingerprint density at radius 1 is 1.11 bits per heavy atom. The summed E-state index contributed by atoms with van der Waals surface area (Å²) in [7, 11) is 3.11. The van der Waals surface area contributed by atoms with Crippen LogP contribution >= 0.6 is 0 Å². The summed E-state index contributed by atoms with van der Waals surface area (Å²) >= 11 is 0. The summed E-state index contributed by atoms with van der Waals surface area (Å²) in [5, 5.41) is 10.4. The molecular formula is C14H16O4. The van der Waals surface area contributed by atoms with E-state index in [2.05, 4.69) is 0 Å². The van der Waals surface area contributed by atoms with Crippen molar-refractivity contribution in [1.82, 2.24) is 0 Å². The number of aliphatic hydroxyl groups is 1. The SMILES string of the molecule is COc1cccc(OC)c1C(O)c1occc1C. The molecule has 1 aromatic heterocycles. The highest BCUT2D eigenvalue weighted by molar-refractivity contribution is 5.49. The van der Waals surface area contributed by atoms with E-state index in [-0.39, 0.29) is 0 Å². The molecule has 4 heteroatoms. The number of rotatable bonds is 4. The number of aryl methyl sites for hydroxylation is 1. The summed E-state index contributed by atoms with van der Waals surface area (Å²) in [5.74, 6) is 1.63. The maximum Gasteiger partial charge on any atom is 0.144 e. The maximum atomic E-state index is 10.4. The molecule has 1 heterocycles. The van der Waals surface area contributed by atoms with Crippen LogP contribution in [0.3, 0.4) is 0 Å². The predicted octanol–water partition coefficient (Wildman–Crippen LogP) is 2.69. The Morgan fingerprint density at radius 3 is 2.17 bits per heavy atom. The van der Waals surface area contributed by atoms with Gasteiger partial charge in [-0.2, -0.15) is 0 Å². The van der Waals surface area contributed by atoms with Gasteiger partial charge in [-0.3, -0.25) is 0 Å². The highest BCUT2D eigenvalue weighted by Gasteiger charge is 2.24. The smallest absolute Gasteiger partial charge is 0.144 e. The highest BCUT2D eigenvalue weighted by atomic mass is 16.5. The van der Waals surface area contributed by atoms with Gasteiger partial charge in [-0.25, -0.2) is 0 Å². The van der Waals surface area contributed by atoms with E-state index in [4.69, 9.17) is 13.9 Å². The summed E-state index contributed by atoms with van der Waals surface area (Å²) in [6.45, 7) is 1.88. The van der Waals surface area contributed by atoms with Gasteiger partial charge in [0.05, 0.1) is 26.0 Å². The van der Waals surface area contributed by atoms with Crippen molar-refractivity contribution in [2.45, 2.75) is 13.0 Å². The molecule has 0 spiro atoms. The van der Waals surface area contributed by atoms with Crippen molar-refractivity contribution >= 4 is 0 Å². The number of aliphatic hydroxyl groups excluding tert-OH is 1. The van der Waals surface area contributed by atoms with Crippen LogP contribution in [0, 0.1) is 6.92 Å². The Balaban J connectivity index is 2.52. The van der Waals surface area contributed by atoms with Crippen molar-refractivity contribution in [1.29, 1.82) is 0 Å². The molecule has 0 radical (unpaired) electrons. The van der Waals surface area contributed by atoms with E-state index in [0.29, 0.717) is 22.8 Å². The largest absolute Gasteiger partial charge is 0.496 e. The van der Waals surface area contributed by atoms with Crippen molar-refractivity contribution in [2.75, 3.05) is 14.2 Å². The molecule has 0 saturated heterocycles. The van der Waals surface area contributed by atoms with Crippen molar-refractivity contribution in [3.8, 4) is 11.5 Å². The third-order valence-corrected chi connectivity index (χ3v) is 2.89. The highest BCUT2D eigenvalue weighted by Crippen LogP contribution is 2.38. The molecule has 1 N–H and O–H groups in total. The Kier molecular flexibility index (Phi) is 3.58. The Labute approximate surface area is 106 Å². The van der Waals surface area contributed by atoms with E-state index in [0.717, 1.165) is 5.56 Å². The predicted molar refractivity (Wildman–Crippen MR) is 67.1 cm³/mol. The fourth-order valence-corrected chi connectivity index (χ4v) is 1.95. The normalized spacial score (nSPS) is 12.2. The summed E-state index contributed by atoms with van der Waals surface area (Å²) in [6.07, 6.45) is 0.640. The quantitative estimate of drug-likeness (QED) is 0.903. The minimum atomic E-state index is -0.911.